The molecule has 27 heavy (non-hydrogen) atoms. The van der Waals surface area contributed by atoms with Crippen LogP contribution in [0.5, 0.6) is 11.5 Å². The van der Waals surface area contributed by atoms with Gasteiger partial charge in [0.25, 0.3) is 0 Å². The van der Waals surface area contributed by atoms with E-state index in [-0.39, 0.29) is 0 Å². The van der Waals surface area contributed by atoms with E-state index in [2.05, 4.69) is 14.9 Å². The average molecular weight is 367 g/mol. The van der Waals surface area contributed by atoms with E-state index >= 15 is 0 Å². The lowest BCUT2D eigenvalue weighted by atomic mass is 9.94. The molecule has 3 aromatic rings. The van der Waals surface area contributed by atoms with Crippen molar-refractivity contribution in [2.45, 2.75) is 25.3 Å². The predicted molar refractivity (Wildman–Crippen MR) is 103 cm³/mol. The minimum Gasteiger partial charge on any atom is -0.496 e. The normalized spacial score (nSPS) is 18.0. The smallest absolute Gasteiger partial charge is 0.176 e. The van der Waals surface area contributed by atoms with Gasteiger partial charge in [0, 0.05) is 38.4 Å². The first-order valence-electron chi connectivity index (χ1n) is 9.27. The molecule has 142 valence electrons. The highest BCUT2D eigenvalue weighted by molar-refractivity contribution is 5.73. The Labute approximate surface area is 158 Å². The molecular weight excluding hydrogens is 342 g/mol. The van der Waals surface area contributed by atoms with Gasteiger partial charge in [-0.2, -0.15) is 5.10 Å². The number of hydrogen-bond donors (Lipinski definition) is 0. The van der Waals surface area contributed by atoms with Crippen LogP contribution >= 0.6 is 0 Å². The lowest BCUT2D eigenvalue weighted by Crippen LogP contribution is -2.34. The van der Waals surface area contributed by atoms with Crippen molar-refractivity contribution >= 4 is 11.2 Å². The first-order valence-corrected chi connectivity index (χ1v) is 9.27. The Hall–Kier alpha value is -2.67. The van der Waals surface area contributed by atoms with Crippen molar-refractivity contribution in [3.05, 3.63) is 41.9 Å². The molecule has 0 bridgehead atoms. The summed E-state index contributed by atoms with van der Waals surface area (Å²) in [4.78, 5) is 11.4. The van der Waals surface area contributed by atoms with Crippen LogP contribution in [0.1, 0.15) is 30.0 Å². The molecular formula is C20H25N5O2. The Morgan fingerprint density at radius 1 is 1.11 bits per heavy atom. The number of piperidine rings is 1. The second-order valence-electron chi connectivity index (χ2n) is 6.95. The summed E-state index contributed by atoms with van der Waals surface area (Å²) < 4.78 is 13.0. The highest BCUT2D eigenvalue weighted by atomic mass is 16.5. The molecule has 1 fully saturated rings. The second-order valence-corrected chi connectivity index (χ2v) is 6.95. The van der Waals surface area contributed by atoms with Crippen LogP contribution in [0, 0.1) is 0 Å². The minimum atomic E-state index is 0.347. The van der Waals surface area contributed by atoms with Gasteiger partial charge in [0.05, 0.1) is 25.5 Å². The molecule has 0 spiro atoms. The quantitative estimate of drug-likeness (QED) is 0.691. The van der Waals surface area contributed by atoms with Crippen molar-refractivity contribution < 1.29 is 9.47 Å². The maximum absolute atomic E-state index is 5.56. The molecule has 0 radical (unpaired) electrons. The van der Waals surface area contributed by atoms with E-state index in [4.69, 9.17) is 14.6 Å². The van der Waals surface area contributed by atoms with Gasteiger partial charge < -0.3 is 9.47 Å². The van der Waals surface area contributed by atoms with Crippen LogP contribution in [0.2, 0.25) is 0 Å². The molecule has 1 aliphatic rings. The number of nitrogens with zero attached hydrogens (tertiary/aromatic N) is 5. The van der Waals surface area contributed by atoms with Gasteiger partial charge in [-0.3, -0.25) is 4.90 Å². The fraction of sp³-hybridized carbons (Fsp3) is 0.450. The fourth-order valence-electron chi connectivity index (χ4n) is 4.01. The van der Waals surface area contributed by atoms with Gasteiger partial charge in [-0.05, 0) is 31.5 Å². The number of methoxy groups -OCH3 is 2. The average Bonchev–Trinajstić information content (AvgIpc) is 3.05. The number of likely N-dealkylation sites (tertiary alicyclic amines) is 1. The zero-order valence-electron chi connectivity index (χ0n) is 16.1. The highest BCUT2D eigenvalue weighted by Crippen LogP contribution is 2.34. The van der Waals surface area contributed by atoms with Crippen LogP contribution in [0.3, 0.4) is 0 Å². The van der Waals surface area contributed by atoms with E-state index in [0.717, 1.165) is 66.4 Å². The van der Waals surface area contributed by atoms with Crippen molar-refractivity contribution in [2.24, 2.45) is 7.05 Å². The van der Waals surface area contributed by atoms with Crippen molar-refractivity contribution in [3.63, 3.8) is 0 Å². The number of fused-ring (bicyclic) bond motifs is 1. The zero-order chi connectivity index (χ0) is 18.8. The van der Waals surface area contributed by atoms with Gasteiger partial charge in [-0.1, -0.05) is 6.07 Å². The van der Waals surface area contributed by atoms with E-state index in [1.54, 1.807) is 26.6 Å². The number of aromatic nitrogens is 4. The molecule has 0 N–H and O–H groups in total. The van der Waals surface area contributed by atoms with Crippen LogP contribution in [-0.4, -0.2) is 52.0 Å². The van der Waals surface area contributed by atoms with Crippen LogP contribution in [0.15, 0.2) is 30.6 Å². The van der Waals surface area contributed by atoms with Crippen LogP contribution < -0.4 is 9.47 Å². The summed E-state index contributed by atoms with van der Waals surface area (Å²) >= 11 is 0. The first-order chi connectivity index (χ1) is 13.2. The Balaban J connectivity index is 1.59. The molecule has 1 atom stereocenters. The van der Waals surface area contributed by atoms with Gasteiger partial charge >= 0.3 is 0 Å². The molecule has 0 unspecified atom stereocenters. The molecule has 0 saturated carbocycles. The maximum atomic E-state index is 5.56. The number of aryl methyl sites for hydroxylation is 1. The molecule has 1 saturated heterocycles. The first kappa shape index (κ1) is 17.7. The minimum absolute atomic E-state index is 0.347. The molecule has 0 amide bonds. The number of benzene rings is 1. The van der Waals surface area contributed by atoms with Crippen LogP contribution in [0.25, 0.3) is 11.2 Å². The summed E-state index contributed by atoms with van der Waals surface area (Å²) in [5.41, 5.74) is 3.91. The highest BCUT2D eigenvalue weighted by Gasteiger charge is 2.27. The second kappa shape index (κ2) is 7.52. The summed E-state index contributed by atoms with van der Waals surface area (Å²) in [6.45, 7) is 2.78. The monoisotopic (exact) mass is 367 g/mol. The molecule has 1 aliphatic heterocycles. The lowest BCUT2D eigenvalue weighted by Gasteiger charge is -2.32. The topological polar surface area (TPSA) is 65.3 Å². The van der Waals surface area contributed by atoms with Gasteiger partial charge in [0.1, 0.15) is 17.0 Å². The SMILES string of the molecule is COc1cccc(OC)c1CN1CCC[C@@H](c2nn(C)c3nccnc23)C1. The van der Waals surface area contributed by atoms with Gasteiger partial charge in [0.2, 0.25) is 0 Å². The zero-order valence-corrected chi connectivity index (χ0v) is 16.1. The Bertz CT molecular complexity index is 917. The van der Waals surface area contributed by atoms with Crippen LogP contribution in [0.4, 0.5) is 0 Å². The molecule has 4 rings (SSSR count). The predicted octanol–water partition coefficient (Wildman–Crippen LogP) is 2.76. The molecule has 7 heteroatoms. The molecule has 2 aromatic heterocycles. The molecule has 7 nitrogen and oxygen atoms in total. The van der Waals surface area contributed by atoms with Crippen molar-refractivity contribution in [3.8, 4) is 11.5 Å². The largest absolute Gasteiger partial charge is 0.496 e. The third-order valence-corrected chi connectivity index (χ3v) is 5.29. The maximum Gasteiger partial charge on any atom is 0.176 e. The van der Waals surface area contributed by atoms with E-state index in [0.29, 0.717) is 5.92 Å². The number of ether oxygens (including phenoxy) is 2. The fourth-order valence-corrected chi connectivity index (χ4v) is 4.01. The molecule has 1 aromatic carbocycles. The van der Waals surface area contributed by atoms with Gasteiger partial charge in [-0.15, -0.1) is 0 Å². The summed E-state index contributed by atoms with van der Waals surface area (Å²) in [6.07, 6.45) is 5.70. The molecule has 3 heterocycles. The lowest BCUT2D eigenvalue weighted by molar-refractivity contribution is 0.194. The summed E-state index contributed by atoms with van der Waals surface area (Å²) in [5.74, 6) is 2.08. The van der Waals surface area contributed by atoms with E-state index < -0.39 is 0 Å². The van der Waals surface area contributed by atoms with Crippen molar-refractivity contribution in [2.75, 3.05) is 27.3 Å². The summed E-state index contributed by atoms with van der Waals surface area (Å²) in [5, 5.41) is 4.74. The van der Waals surface area contributed by atoms with Crippen molar-refractivity contribution in [1.82, 2.24) is 24.6 Å². The third-order valence-electron chi connectivity index (χ3n) is 5.29. The van der Waals surface area contributed by atoms with Crippen LogP contribution in [-0.2, 0) is 13.6 Å². The van der Waals surface area contributed by atoms with E-state index in [9.17, 15) is 0 Å². The van der Waals surface area contributed by atoms with E-state index in [1.807, 2.05) is 29.9 Å². The third kappa shape index (κ3) is 3.35. The summed E-state index contributed by atoms with van der Waals surface area (Å²) in [6, 6.07) is 5.93. The number of rotatable bonds is 5. The Morgan fingerprint density at radius 2 is 1.85 bits per heavy atom. The molecule has 0 aliphatic carbocycles. The van der Waals surface area contributed by atoms with Crippen molar-refractivity contribution in [1.29, 1.82) is 0 Å². The summed E-state index contributed by atoms with van der Waals surface area (Å²) in [7, 11) is 5.34. The number of hydrogen-bond acceptors (Lipinski definition) is 6. The Kier molecular flexibility index (Phi) is 4.94. The van der Waals surface area contributed by atoms with Gasteiger partial charge in [0.15, 0.2) is 5.65 Å². The van der Waals surface area contributed by atoms with Gasteiger partial charge in [-0.25, -0.2) is 14.6 Å². The Morgan fingerprint density at radius 3 is 2.59 bits per heavy atom. The standard InChI is InChI=1S/C20H25N5O2/c1-24-20-19(21-9-10-22-20)18(23-24)14-6-5-11-25(12-14)13-15-16(26-2)7-4-8-17(15)27-3/h4,7-10,14H,5-6,11-13H2,1-3H3/t14-/m1/s1. The van der Waals surface area contributed by atoms with E-state index in [1.165, 1.54) is 0 Å².